The highest BCUT2D eigenvalue weighted by atomic mass is 16.5. The molecule has 0 unspecified atom stereocenters. The van der Waals surface area contributed by atoms with Crippen molar-refractivity contribution in [2.24, 2.45) is 0 Å². The number of allylic oxidation sites excluding steroid dienone is 1. The van der Waals surface area contributed by atoms with Crippen molar-refractivity contribution in [3.05, 3.63) is 101 Å². The minimum absolute atomic E-state index is 0.0396. The van der Waals surface area contributed by atoms with Crippen LogP contribution in [0.4, 0.5) is 0 Å². The molecule has 0 N–H and O–H groups in total. The fourth-order valence-corrected chi connectivity index (χ4v) is 3.52. The minimum atomic E-state index is -0.102. The monoisotopic (exact) mass is 398 g/mol. The number of benzene rings is 3. The molecule has 0 radical (unpaired) electrons. The van der Waals surface area contributed by atoms with Crippen LogP contribution in [0.2, 0.25) is 0 Å². The van der Waals surface area contributed by atoms with Gasteiger partial charge in [-0.3, -0.25) is 9.59 Å². The fourth-order valence-electron chi connectivity index (χ4n) is 3.52. The Bertz CT molecular complexity index is 1090. The van der Waals surface area contributed by atoms with E-state index in [1.165, 1.54) is 0 Å². The van der Waals surface area contributed by atoms with E-state index in [2.05, 4.69) is 0 Å². The van der Waals surface area contributed by atoms with E-state index in [1.54, 1.807) is 31.4 Å². The first-order valence-electron chi connectivity index (χ1n) is 9.87. The number of rotatable bonds is 6. The molecule has 30 heavy (non-hydrogen) atoms. The van der Waals surface area contributed by atoms with E-state index in [-0.39, 0.29) is 18.2 Å². The Hall–Kier alpha value is -3.66. The molecule has 0 aliphatic heterocycles. The van der Waals surface area contributed by atoms with Gasteiger partial charge in [-0.15, -0.1) is 0 Å². The number of fused-ring (bicyclic) bond motifs is 1. The quantitative estimate of drug-likeness (QED) is 0.425. The van der Waals surface area contributed by atoms with Crippen molar-refractivity contribution in [1.29, 1.82) is 0 Å². The fraction of sp³-hybridized carbons (Fsp3) is 0.154. The third kappa shape index (κ3) is 4.33. The molecule has 1 aliphatic carbocycles. The molecule has 4 rings (SSSR count). The van der Waals surface area contributed by atoms with E-state index >= 15 is 0 Å². The van der Waals surface area contributed by atoms with Crippen LogP contribution in [0, 0.1) is 0 Å². The van der Waals surface area contributed by atoms with Gasteiger partial charge in [0.2, 0.25) is 0 Å². The number of aryl methyl sites for hydroxylation is 1. The van der Waals surface area contributed by atoms with Crippen LogP contribution in [0.3, 0.4) is 0 Å². The molecule has 1 aliphatic rings. The summed E-state index contributed by atoms with van der Waals surface area (Å²) in [6.07, 6.45) is 3.55. The van der Waals surface area contributed by atoms with Gasteiger partial charge in [-0.05, 0) is 66.4 Å². The topological polar surface area (TPSA) is 52.6 Å². The lowest BCUT2D eigenvalue weighted by Gasteiger charge is -2.17. The molecule has 0 saturated carbocycles. The Morgan fingerprint density at radius 3 is 2.33 bits per heavy atom. The summed E-state index contributed by atoms with van der Waals surface area (Å²) < 4.78 is 10.7. The molecule has 3 aromatic carbocycles. The lowest BCUT2D eigenvalue weighted by atomic mass is 9.86. The number of ether oxygens (including phenoxy) is 2. The predicted octanol–water partition coefficient (Wildman–Crippen LogP) is 5.17. The Balaban J connectivity index is 1.39. The maximum Gasteiger partial charge on any atom is 0.200 e. The standard InChI is InChI=1S/C26H22O4/c1-29-22-14-10-20(11-15-22)25(27)17-30-23-12-6-18(7-13-23)16-21-9-8-19-4-2-3-5-24(19)26(21)28/h2-7,10-16H,8-9,17H2,1H3/b21-16+. The van der Waals surface area contributed by atoms with E-state index in [0.29, 0.717) is 17.1 Å². The summed E-state index contributed by atoms with van der Waals surface area (Å²) in [5.41, 5.74) is 4.24. The van der Waals surface area contributed by atoms with Gasteiger partial charge in [-0.2, -0.15) is 0 Å². The summed E-state index contributed by atoms with van der Waals surface area (Å²) in [7, 11) is 1.59. The first-order valence-corrected chi connectivity index (χ1v) is 9.87. The molecule has 0 fully saturated rings. The lowest BCUT2D eigenvalue weighted by Crippen LogP contribution is -2.13. The van der Waals surface area contributed by atoms with E-state index < -0.39 is 0 Å². The molecular formula is C26H22O4. The van der Waals surface area contributed by atoms with Crippen molar-refractivity contribution in [1.82, 2.24) is 0 Å². The summed E-state index contributed by atoms with van der Waals surface area (Å²) in [6, 6.07) is 22.1. The van der Waals surface area contributed by atoms with Crippen LogP contribution in [-0.4, -0.2) is 25.3 Å². The van der Waals surface area contributed by atoms with Crippen LogP contribution >= 0.6 is 0 Å². The minimum Gasteiger partial charge on any atom is -0.497 e. The summed E-state index contributed by atoms with van der Waals surface area (Å²) in [6.45, 7) is -0.0396. The molecule has 3 aromatic rings. The van der Waals surface area contributed by atoms with Gasteiger partial charge in [-0.25, -0.2) is 0 Å². The van der Waals surface area contributed by atoms with Crippen molar-refractivity contribution in [2.75, 3.05) is 13.7 Å². The second-order valence-corrected chi connectivity index (χ2v) is 7.17. The summed E-state index contributed by atoms with van der Waals surface area (Å²) in [5.74, 6) is 1.31. The van der Waals surface area contributed by atoms with Gasteiger partial charge in [0.1, 0.15) is 11.5 Å². The number of carbonyl (C=O) groups is 2. The number of carbonyl (C=O) groups excluding carboxylic acids is 2. The zero-order valence-corrected chi connectivity index (χ0v) is 16.8. The maximum absolute atomic E-state index is 12.7. The van der Waals surface area contributed by atoms with Crippen molar-refractivity contribution in [3.63, 3.8) is 0 Å². The van der Waals surface area contributed by atoms with Gasteiger partial charge >= 0.3 is 0 Å². The van der Waals surface area contributed by atoms with Crippen molar-refractivity contribution in [3.8, 4) is 11.5 Å². The number of hydrogen-bond donors (Lipinski definition) is 0. The van der Waals surface area contributed by atoms with E-state index in [1.807, 2.05) is 54.6 Å². The highest BCUT2D eigenvalue weighted by Crippen LogP contribution is 2.27. The first-order chi connectivity index (χ1) is 14.6. The second kappa shape index (κ2) is 8.78. The molecule has 0 spiro atoms. The number of methoxy groups -OCH3 is 1. The van der Waals surface area contributed by atoms with Crippen molar-refractivity contribution in [2.45, 2.75) is 12.8 Å². The summed E-state index contributed by atoms with van der Waals surface area (Å²) in [4.78, 5) is 25.0. The zero-order chi connectivity index (χ0) is 20.9. The predicted molar refractivity (Wildman–Crippen MR) is 116 cm³/mol. The molecule has 0 atom stereocenters. The Morgan fingerprint density at radius 1 is 0.900 bits per heavy atom. The van der Waals surface area contributed by atoms with Crippen molar-refractivity contribution < 1.29 is 19.1 Å². The Labute approximate surface area is 175 Å². The molecular weight excluding hydrogens is 376 g/mol. The van der Waals surface area contributed by atoms with Gasteiger partial charge in [0.15, 0.2) is 18.2 Å². The van der Waals surface area contributed by atoms with Crippen molar-refractivity contribution >= 4 is 17.6 Å². The van der Waals surface area contributed by atoms with E-state index in [0.717, 1.165) is 35.1 Å². The molecule has 0 amide bonds. The average molecular weight is 398 g/mol. The smallest absolute Gasteiger partial charge is 0.200 e. The maximum atomic E-state index is 12.7. The number of Topliss-reactive ketones (excluding diaryl/α,β-unsaturated/α-hetero) is 2. The van der Waals surface area contributed by atoms with E-state index in [9.17, 15) is 9.59 Å². The van der Waals surface area contributed by atoms with Crippen LogP contribution in [0.25, 0.3) is 6.08 Å². The molecule has 0 aromatic heterocycles. The molecule has 0 bridgehead atoms. The normalized spacial score (nSPS) is 14.3. The molecule has 4 heteroatoms. The third-order valence-corrected chi connectivity index (χ3v) is 5.22. The Kier molecular flexibility index (Phi) is 5.75. The lowest BCUT2D eigenvalue weighted by molar-refractivity contribution is 0.0921. The second-order valence-electron chi connectivity index (χ2n) is 7.17. The molecule has 150 valence electrons. The van der Waals surface area contributed by atoms with Gasteiger partial charge in [-0.1, -0.05) is 36.4 Å². The van der Waals surface area contributed by atoms with Crippen LogP contribution in [0.1, 0.15) is 38.3 Å². The summed E-state index contributed by atoms with van der Waals surface area (Å²) in [5, 5.41) is 0. The highest BCUT2D eigenvalue weighted by molar-refractivity contribution is 6.13. The molecule has 0 heterocycles. The van der Waals surface area contributed by atoms with Gasteiger partial charge in [0.25, 0.3) is 0 Å². The van der Waals surface area contributed by atoms with Crippen LogP contribution in [-0.2, 0) is 6.42 Å². The SMILES string of the molecule is COc1ccc(C(=O)COc2ccc(/C=C3\CCc4ccccc4C3=O)cc2)cc1. The number of hydrogen-bond acceptors (Lipinski definition) is 4. The van der Waals surface area contributed by atoms with Crippen LogP contribution in [0.5, 0.6) is 11.5 Å². The molecule has 4 nitrogen and oxygen atoms in total. The Morgan fingerprint density at radius 2 is 1.60 bits per heavy atom. The third-order valence-electron chi connectivity index (χ3n) is 5.22. The van der Waals surface area contributed by atoms with Gasteiger partial charge in [0, 0.05) is 16.7 Å². The van der Waals surface area contributed by atoms with E-state index in [4.69, 9.17) is 9.47 Å². The average Bonchev–Trinajstić information content (AvgIpc) is 2.80. The number of ketones is 2. The van der Waals surface area contributed by atoms with Gasteiger partial charge < -0.3 is 9.47 Å². The van der Waals surface area contributed by atoms with Gasteiger partial charge in [0.05, 0.1) is 7.11 Å². The molecule has 0 saturated heterocycles. The zero-order valence-electron chi connectivity index (χ0n) is 16.8. The summed E-state index contributed by atoms with van der Waals surface area (Å²) >= 11 is 0. The highest BCUT2D eigenvalue weighted by Gasteiger charge is 2.21. The van der Waals surface area contributed by atoms with Crippen LogP contribution in [0.15, 0.2) is 78.4 Å². The largest absolute Gasteiger partial charge is 0.497 e. The van der Waals surface area contributed by atoms with Crippen LogP contribution < -0.4 is 9.47 Å². The first kappa shape index (κ1) is 19.6.